The summed E-state index contributed by atoms with van der Waals surface area (Å²) in [5, 5.41) is 7.36. The van der Waals surface area contributed by atoms with E-state index in [0.29, 0.717) is 42.8 Å². The van der Waals surface area contributed by atoms with Gasteiger partial charge < -0.3 is 14.6 Å². The lowest BCUT2D eigenvalue weighted by Crippen LogP contribution is -2.23. The van der Waals surface area contributed by atoms with Crippen molar-refractivity contribution in [3.63, 3.8) is 0 Å². The van der Waals surface area contributed by atoms with Gasteiger partial charge in [0.2, 0.25) is 11.7 Å². The number of pyridine rings is 1. The van der Waals surface area contributed by atoms with E-state index in [1.54, 1.807) is 19.4 Å². The monoisotopic (exact) mass is 415 g/mol. The van der Waals surface area contributed by atoms with Crippen molar-refractivity contribution in [3.8, 4) is 11.4 Å². The Hall–Kier alpha value is -2.91. The number of nitrogens with one attached hydrogen (secondary N) is 1. The van der Waals surface area contributed by atoms with E-state index in [9.17, 15) is 8.78 Å². The van der Waals surface area contributed by atoms with Crippen molar-refractivity contribution in [2.24, 2.45) is 0 Å². The van der Waals surface area contributed by atoms with E-state index in [4.69, 9.17) is 9.26 Å². The van der Waals surface area contributed by atoms with Crippen LogP contribution in [-0.2, 0) is 11.3 Å². The average molecular weight is 415 g/mol. The van der Waals surface area contributed by atoms with Gasteiger partial charge in [-0.2, -0.15) is 4.98 Å². The Kier molecular flexibility index (Phi) is 6.29. The van der Waals surface area contributed by atoms with E-state index in [0.717, 1.165) is 31.0 Å². The first-order chi connectivity index (χ1) is 14.7. The van der Waals surface area contributed by atoms with Crippen LogP contribution in [0.2, 0.25) is 0 Å². The van der Waals surface area contributed by atoms with Crippen LogP contribution in [0.5, 0.6) is 0 Å². The van der Waals surface area contributed by atoms with E-state index < -0.39 is 11.6 Å². The molecule has 1 aliphatic rings. The molecule has 0 bridgehead atoms. The van der Waals surface area contributed by atoms with Crippen LogP contribution in [0.3, 0.4) is 0 Å². The van der Waals surface area contributed by atoms with Crippen molar-refractivity contribution >= 4 is 5.82 Å². The highest BCUT2D eigenvalue weighted by Gasteiger charge is 2.31. The van der Waals surface area contributed by atoms with E-state index in [1.807, 2.05) is 12.1 Å². The van der Waals surface area contributed by atoms with Crippen LogP contribution in [0.1, 0.15) is 30.3 Å². The molecule has 0 amide bonds. The molecule has 30 heavy (non-hydrogen) atoms. The molecule has 1 N–H and O–H groups in total. The van der Waals surface area contributed by atoms with Crippen molar-refractivity contribution in [1.82, 2.24) is 20.0 Å². The number of benzene rings is 1. The standard InChI is InChI=1S/C21H23F2N5O2/c1-29-11-9-25-19-15(4-2-8-24-19)20-26-21(30-27-20)18-5-3-10-28(18)13-14-6-7-16(22)17(23)12-14/h2,4,6-8,12,18H,3,5,9-11,13H2,1H3,(H,24,25)/t18-/m1/s1. The molecular formula is C21H23F2N5O2. The third-order valence-electron chi connectivity index (χ3n) is 5.11. The number of nitrogens with zero attached hydrogens (tertiary/aromatic N) is 4. The molecule has 0 radical (unpaired) electrons. The molecule has 0 unspecified atom stereocenters. The Balaban J connectivity index is 1.51. The summed E-state index contributed by atoms with van der Waals surface area (Å²) >= 11 is 0. The highest BCUT2D eigenvalue weighted by atomic mass is 19.2. The number of methoxy groups -OCH3 is 1. The highest BCUT2D eigenvalue weighted by Crippen LogP contribution is 2.34. The molecule has 0 spiro atoms. The quantitative estimate of drug-likeness (QED) is 0.561. The largest absolute Gasteiger partial charge is 0.383 e. The van der Waals surface area contributed by atoms with Gasteiger partial charge in [-0.25, -0.2) is 13.8 Å². The van der Waals surface area contributed by atoms with Gasteiger partial charge >= 0.3 is 0 Å². The number of likely N-dealkylation sites (tertiary alicyclic amines) is 1. The number of ether oxygens (including phenoxy) is 1. The molecule has 2 aromatic heterocycles. The minimum Gasteiger partial charge on any atom is -0.383 e. The molecule has 4 rings (SSSR count). The fourth-order valence-electron chi connectivity index (χ4n) is 3.65. The summed E-state index contributed by atoms with van der Waals surface area (Å²) in [6.07, 6.45) is 3.51. The second-order valence-electron chi connectivity index (χ2n) is 7.15. The summed E-state index contributed by atoms with van der Waals surface area (Å²) in [6.45, 7) is 2.46. The molecule has 158 valence electrons. The summed E-state index contributed by atoms with van der Waals surface area (Å²) < 4.78 is 37.4. The van der Waals surface area contributed by atoms with Crippen LogP contribution in [-0.4, -0.2) is 46.8 Å². The molecule has 1 fully saturated rings. The molecule has 1 aliphatic heterocycles. The molecule has 9 heteroatoms. The van der Waals surface area contributed by atoms with Crippen molar-refractivity contribution in [2.75, 3.05) is 32.1 Å². The number of aromatic nitrogens is 3. The van der Waals surface area contributed by atoms with Crippen LogP contribution in [0.4, 0.5) is 14.6 Å². The second kappa shape index (κ2) is 9.27. The van der Waals surface area contributed by atoms with Gasteiger partial charge in [0, 0.05) is 26.4 Å². The molecule has 1 atom stereocenters. The van der Waals surface area contributed by atoms with Gasteiger partial charge in [0.25, 0.3) is 0 Å². The van der Waals surface area contributed by atoms with Crippen molar-refractivity contribution in [1.29, 1.82) is 0 Å². The zero-order valence-electron chi connectivity index (χ0n) is 16.6. The molecule has 7 nitrogen and oxygen atoms in total. The predicted molar refractivity (Wildman–Crippen MR) is 107 cm³/mol. The molecule has 1 aromatic carbocycles. The fraction of sp³-hybridized carbons (Fsp3) is 0.381. The van der Waals surface area contributed by atoms with E-state index in [1.165, 1.54) is 6.07 Å². The number of hydrogen-bond donors (Lipinski definition) is 1. The Morgan fingerprint density at radius 3 is 3.00 bits per heavy atom. The molecule has 3 heterocycles. The predicted octanol–water partition coefficient (Wildman–Crippen LogP) is 3.81. The number of anilines is 1. The summed E-state index contributed by atoms with van der Waals surface area (Å²) in [6, 6.07) is 7.61. The summed E-state index contributed by atoms with van der Waals surface area (Å²) in [7, 11) is 1.64. The lowest BCUT2D eigenvalue weighted by Gasteiger charge is -2.21. The van der Waals surface area contributed by atoms with Crippen LogP contribution in [0, 0.1) is 11.6 Å². The zero-order chi connectivity index (χ0) is 20.9. The number of hydrogen-bond acceptors (Lipinski definition) is 7. The minimum atomic E-state index is -0.843. The summed E-state index contributed by atoms with van der Waals surface area (Å²) in [5.41, 5.74) is 1.45. The minimum absolute atomic E-state index is 0.0686. The highest BCUT2D eigenvalue weighted by molar-refractivity contribution is 5.69. The molecule has 3 aromatic rings. The molecular weight excluding hydrogens is 392 g/mol. The third kappa shape index (κ3) is 4.47. The summed E-state index contributed by atoms with van der Waals surface area (Å²) in [4.78, 5) is 11.1. The smallest absolute Gasteiger partial charge is 0.244 e. The van der Waals surface area contributed by atoms with Crippen molar-refractivity contribution in [2.45, 2.75) is 25.4 Å². The first-order valence-electron chi connectivity index (χ1n) is 9.85. The average Bonchev–Trinajstić information content (AvgIpc) is 3.41. The van der Waals surface area contributed by atoms with Crippen molar-refractivity contribution < 1.29 is 18.0 Å². The van der Waals surface area contributed by atoms with Gasteiger partial charge in [0.15, 0.2) is 11.6 Å². The van der Waals surface area contributed by atoms with Gasteiger partial charge in [0.05, 0.1) is 18.2 Å². The maximum Gasteiger partial charge on any atom is 0.244 e. The number of rotatable bonds is 8. The SMILES string of the molecule is COCCNc1ncccc1-c1noc([C@H]2CCCN2Cc2ccc(F)c(F)c2)n1. The normalized spacial score (nSPS) is 16.8. The Morgan fingerprint density at radius 2 is 2.17 bits per heavy atom. The van der Waals surface area contributed by atoms with Gasteiger partial charge in [0.1, 0.15) is 5.82 Å². The zero-order valence-corrected chi connectivity index (χ0v) is 16.6. The van der Waals surface area contributed by atoms with Crippen LogP contribution in [0.25, 0.3) is 11.4 Å². The maximum atomic E-state index is 13.6. The second-order valence-corrected chi connectivity index (χ2v) is 7.15. The molecule has 1 saturated heterocycles. The molecule has 0 aliphatic carbocycles. The van der Waals surface area contributed by atoms with Gasteiger partial charge in [-0.05, 0) is 49.2 Å². The molecule has 0 saturated carbocycles. The Bertz CT molecular complexity index is 997. The van der Waals surface area contributed by atoms with Crippen LogP contribution in [0.15, 0.2) is 41.1 Å². The third-order valence-corrected chi connectivity index (χ3v) is 5.11. The van der Waals surface area contributed by atoms with Crippen LogP contribution < -0.4 is 5.32 Å². The Labute approximate surface area is 173 Å². The fourth-order valence-corrected chi connectivity index (χ4v) is 3.65. The van der Waals surface area contributed by atoms with Gasteiger partial charge in [-0.15, -0.1) is 0 Å². The topological polar surface area (TPSA) is 76.3 Å². The lowest BCUT2D eigenvalue weighted by molar-refractivity contribution is 0.201. The maximum absolute atomic E-state index is 13.6. The van der Waals surface area contributed by atoms with E-state index in [-0.39, 0.29) is 6.04 Å². The van der Waals surface area contributed by atoms with Crippen LogP contribution >= 0.6 is 0 Å². The Morgan fingerprint density at radius 1 is 1.27 bits per heavy atom. The first kappa shape index (κ1) is 20.4. The lowest BCUT2D eigenvalue weighted by atomic mass is 10.1. The van der Waals surface area contributed by atoms with Gasteiger partial charge in [-0.1, -0.05) is 11.2 Å². The number of halogens is 2. The van der Waals surface area contributed by atoms with Gasteiger partial charge in [-0.3, -0.25) is 4.90 Å². The summed E-state index contributed by atoms with van der Waals surface area (Å²) in [5.74, 6) is -0.0560. The first-order valence-corrected chi connectivity index (χ1v) is 9.85. The van der Waals surface area contributed by atoms with E-state index in [2.05, 4.69) is 25.3 Å². The van der Waals surface area contributed by atoms with E-state index >= 15 is 0 Å². The van der Waals surface area contributed by atoms with Crippen molar-refractivity contribution in [3.05, 3.63) is 59.6 Å².